The van der Waals surface area contributed by atoms with Crippen LogP contribution in [0.25, 0.3) is 11.0 Å². The van der Waals surface area contributed by atoms with Crippen LogP contribution in [0.4, 0.5) is 0 Å². The average molecular weight is 250 g/mol. The molecule has 1 aromatic heterocycles. The molecule has 17 heavy (non-hydrogen) atoms. The Morgan fingerprint density at radius 1 is 1.47 bits per heavy atom. The number of hydrogen-bond donors (Lipinski definition) is 1. The summed E-state index contributed by atoms with van der Waals surface area (Å²) in [6.45, 7) is 3.35. The van der Waals surface area contributed by atoms with Crippen LogP contribution < -0.4 is 5.32 Å². The lowest BCUT2D eigenvalue weighted by molar-refractivity contribution is 0.469. The molecule has 2 atom stereocenters. The molecule has 2 aromatic rings. The van der Waals surface area contributed by atoms with E-state index in [1.54, 1.807) is 0 Å². The third-order valence-electron chi connectivity index (χ3n) is 3.69. The highest BCUT2D eigenvalue weighted by molar-refractivity contribution is 6.31. The van der Waals surface area contributed by atoms with Gasteiger partial charge in [-0.05, 0) is 37.1 Å². The zero-order chi connectivity index (χ0) is 12.0. The van der Waals surface area contributed by atoms with Crippen LogP contribution >= 0.6 is 11.6 Å². The molecular formula is C13H16ClN3. The van der Waals surface area contributed by atoms with Gasteiger partial charge in [-0.25, -0.2) is 4.98 Å². The van der Waals surface area contributed by atoms with Crippen molar-refractivity contribution in [2.24, 2.45) is 13.0 Å². The summed E-state index contributed by atoms with van der Waals surface area (Å²) in [5.74, 6) is 1.76. The summed E-state index contributed by atoms with van der Waals surface area (Å²) >= 11 is 6.03. The average Bonchev–Trinajstić information content (AvgIpc) is 2.84. The molecular weight excluding hydrogens is 234 g/mol. The molecule has 1 aromatic carbocycles. The van der Waals surface area contributed by atoms with Gasteiger partial charge in [-0.15, -0.1) is 0 Å². The van der Waals surface area contributed by atoms with Gasteiger partial charge in [0.2, 0.25) is 0 Å². The van der Waals surface area contributed by atoms with Crippen molar-refractivity contribution in [2.75, 3.05) is 6.54 Å². The molecule has 2 heterocycles. The van der Waals surface area contributed by atoms with Gasteiger partial charge in [0.15, 0.2) is 0 Å². The van der Waals surface area contributed by atoms with Gasteiger partial charge in [-0.1, -0.05) is 18.5 Å². The first-order chi connectivity index (χ1) is 8.16. The zero-order valence-electron chi connectivity index (χ0n) is 10.1. The summed E-state index contributed by atoms with van der Waals surface area (Å²) in [5.41, 5.74) is 2.13. The Morgan fingerprint density at radius 3 is 3.00 bits per heavy atom. The number of imidazole rings is 1. The summed E-state index contributed by atoms with van der Waals surface area (Å²) < 4.78 is 2.15. The maximum absolute atomic E-state index is 6.03. The van der Waals surface area contributed by atoms with Crippen molar-refractivity contribution in [3.8, 4) is 0 Å². The molecule has 0 aliphatic carbocycles. The van der Waals surface area contributed by atoms with E-state index in [1.165, 1.54) is 6.42 Å². The van der Waals surface area contributed by atoms with Crippen LogP contribution in [0.5, 0.6) is 0 Å². The van der Waals surface area contributed by atoms with Gasteiger partial charge in [0.1, 0.15) is 5.82 Å². The first-order valence-corrected chi connectivity index (χ1v) is 6.40. The molecule has 0 radical (unpaired) electrons. The predicted molar refractivity (Wildman–Crippen MR) is 70.2 cm³/mol. The number of aryl methyl sites for hydroxylation is 1. The van der Waals surface area contributed by atoms with Crippen LogP contribution in [0.3, 0.4) is 0 Å². The quantitative estimate of drug-likeness (QED) is 0.842. The van der Waals surface area contributed by atoms with Gasteiger partial charge in [-0.3, -0.25) is 0 Å². The topological polar surface area (TPSA) is 29.9 Å². The fourth-order valence-electron chi connectivity index (χ4n) is 2.64. The number of fused-ring (bicyclic) bond motifs is 1. The van der Waals surface area contributed by atoms with E-state index in [1.807, 2.05) is 18.2 Å². The van der Waals surface area contributed by atoms with Crippen LogP contribution in [-0.2, 0) is 7.05 Å². The van der Waals surface area contributed by atoms with E-state index in [9.17, 15) is 0 Å². The number of nitrogens with one attached hydrogen (secondary N) is 1. The maximum Gasteiger partial charge on any atom is 0.127 e. The second-order valence-corrected chi connectivity index (χ2v) is 5.30. The number of halogens is 1. The first-order valence-electron chi connectivity index (χ1n) is 6.02. The second-order valence-electron chi connectivity index (χ2n) is 4.86. The lowest BCUT2D eigenvalue weighted by Gasteiger charge is -2.15. The standard InChI is InChI=1S/C13H16ClN3/c1-8-5-6-15-12(8)13-16-10-4-3-9(14)7-11(10)17(13)2/h3-4,7-8,12,15H,5-6H2,1-2H3. The van der Waals surface area contributed by atoms with E-state index in [2.05, 4.69) is 23.9 Å². The van der Waals surface area contributed by atoms with Crippen LogP contribution in [0.15, 0.2) is 18.2 Å². The maximum atomic E-state index is 6.03. The number of hydrogen-bond acceptors (Lipinski definition) is 2. The molecule has 3 rings (SSSR count). The van der Waals surface area contributed by atoms with Crippen molar-refractivity contribution < 1.29 is 0 Å². The smallest absolute Gasteiger partial charge is 0.127 e. The van der Waals surface area contributed by atoms with Gasteiger partial charge in [-0.2, -0.15) is 0 Å². The number of rotatable bonds is 1. The van der Waals surface area contributed by atoms with Gasteiger partial charge in [0.25, 0.3) is 0 Å². The molecule has 0 spiro atoms. The van der Waals surface area contributed by atoms with Crippen LogP contribution in [0, 0.1) is 5.92 Å². The number of nitrogens with zero attached hydrogens (tertiary/aromatic N) is 2. The predicted octanol–water partition coefficient (Wildman–Crippen LogP) is 2.90. The summed E-state index contributed by atoms with van der Waals surface area (Å²) in [5, 5.41) is 4.29. The van der Waals surface area contributed by atoms with E-state index in [0.717, 1.165) is 28.4 Å². The van der Waals surface area contributed by atoms with Gasteiger partial charge < -0.3 is 9.88 Å². The van der Waals surface area contributed by atoms with Crippen molar-refractivity contribution in [3.05, 3.63) is 29.0 Å². The lowest BCUT2D eigenvalue weighted by atomic mass is 10.0. The van der Waals surface area contributed by atoms with Gasteiger partial charge in [0, 0.05) is 12.1 Å². The van der Waals surface area contributed by atoms with Crippen molar-refractivity contribution in [1.82, 2.24) is 14.9 Å². The highest BCUT2D eigenvalue weighted by Gasteiger charge is 2.28. The Hall–Kier alpha value is -1.06. The molecule has 0 amide bonds. The van der Waals surface area contributed by atoms with Crippen molar-refractivity contribution >= 4 is 22.6 Å². The third-order valence-corrected chi connectivity index (χ3v) is 3.92. The van der Waals surface area contributed by atoms with E-state index >= 15 is 0 Å². The number of benzene rings is 1. The Bertz CT molecular complexity index is 561. The molecule has 4 heteroatoms. The van der Waals surface area contributed by atoms with Crippen LogP contribution in [0.1, 0.15) is 25.2 Å². The molecule has 1 aliphatic heterocycles. The fraction of sp³-hybridized carbons (Fsp3) is 0.462. The SMILES string of the molecule is CC1CCNC1c1nc2ccc(Cl)cc2n1C. The zero-order valence-corrected chi connectivity index (χ0v) is 10.8. The molecule has 1 saturated heterocycles. The van der Waals surface area contributed by atoms with Crippen molar-refractivity contribution in [3.63, 3.8) is 0 Å². The van der Waals surface area contributed by atoms with E-state index < -0.39 is 0 Å². The summed E-state index contributed by atoms with van der Waals surface area (Å²) in [6.07, 6.45) is 1.22. The molecule has 1 N–H and O–H groups in total. The fourth-order valence-corrected chi connectivity index (χ4v) is 2.81. The summed E-state index contributed by atoms with van der Waals surface area (Å²) in [4.78, 5) is 4.73. The monoisotopic (exact) mass is 249 g/mol. The van der Waals surface area contributed by atoms with Crippen LogP contribution in [-0.4, -0.2) is 16.1 Å². The van der Waals surface area contributed by atoms with E-state index in [4.69, 9.17) is 16.6 Å². The highest BCUT2D eigenvalue weighted by atomic mass is 35.5. The largest absolute Gasteiger partial charge is 0.330 e. The molecule has 3 nitrogen and oxygen atoms in total. The van der Waals surface area contributed by atoms with Crippen LogP contribution in [0.2, 0.25) is 5.02 Å². The number of aromatic nitrogens is 2. The van der Waals surface area contributed by atoms with Gasteiger partial charge >= 0.3 is 0 Å². The van der Waals surface area contributed by atoms with Crippen molar-refractivity contribution in [2.45, 2.75) is 19.4 Å². The lowest BCUT2D eigenvalue weighted by Crippen LogP contribution is -2.20. The normalized spacial score (nSPS) is 24.6. The van der Waals surface area contributed by atoms with E-state index in [-0.39, 0.29) is 0 Å². The third kappa shape index (κ3) is 1.74. The summed E-state index contributed by atoms with van der Waals surface area (Å²) in [6, 6.07) is 6.23. The van der Waals surface area contributed by atoms with Crippen molar-refractivity contribution in [1.29, 1.82) is 0 Å². The molecule has 1 aliphatic rings. The second kappa shape index (κ2) is 4.00. The minimum absolute atomic E-state index is 0.367. The Morgan fingerprint density at radius 2 is 2.29 bits per heavy atom. The minimum Gasteiger partial charge on any atom is -0.330 e. The Labute approximate surface area is 106 Å². The van der Waals surface area contributed by atoms with Gasteiger partial charge in [0.05, 0.1) is 17.1 Å². The molecule has 2 unspecified atom stereocenters. The Balaban J connectivity index is 2.14. The molecule has 0 saturated carbocycles. The molecule has 90 valence electrons. The Kier molecular flexibility index (Phi) is 2.60. The minimum atomic E-state index is 0.367. The highest BCUT2D eigenvalue weighted by Crippen LogP contribution is 2.30. The molecule has 1 fully saturated rings. The first kappa shape index (κ1) is 11.1. The summed E-state index contributed by atoms with van der Waals surface area (Å²) in [7, 11) is 2.06. The molecule has 0 bridgehead atoms. The van der Waals surface area contributed by atoms with E-state index in [0.29, 0.717) is 12.0 Å².